The van der Waals surface area contributed by atoms with Crippen molar-refractivity contribution in [3.05, 3.63) is 0 Å². The van der Waals surface area contributed by atoms with Crippen molar-refractivity contribution in [2.45, 2.75) is 19.4 Å². The van der Waals surface area contributed by atoms with Crippen molar-refractivity contribution in [1.82, 2.24) is 0 Å². The largest absolute Gasteiger partial charge is 0.546 e. The third kappa shape index (κ3) is 6.42. The average molecular weight is 203 g/mol. The molecule has 1 unspecified atom stereocenters. The summed E-state index contributed by atoms with van der Waals surface area (Å²) in [6, 6.07) is 0. The lowest BCUT2D eigenvalue weighted by Gasteiger charge is -2.26. The van der Waals surface area contributed by atoms with E-state index >= 15 is 0 Å². The first-order valence-electron chi connectivity index (χ1n) is 4.41. The first-order valence-corrected chi connectivity index (χ1v) is 4.41. The van der Waals surface area contributed by atoms with Gasteiger partial charge in [0.25, 0.3) is 0 Å². The normalized spacial score (nSPS) is 13.4. The van der Waals surface area contributed by atoms with E-state index in [-0.39, 0.29) is 6.42 Å². The molecule has 0 saturated heterocycles. The van der Waals surface area contributed by atoms with Crippen molar-refractivity contribution in [3.8, 4) is 0 Å². The van der Waals surface area contributed by atoms with Crippen LogP contribution in [-0.4, -0.2) is 50.2 Å². The maximum absolute atomic E-state index is 10.6. The molecule has 0 N–H and O–H groups in total. The molecule has 0 aromatic rings. The topological polar surface area (TPSA) is 66.4 Å². The number of hydrogen-bond donors (Lipinski definition) is 0. The highest BCUT2D eigenvalue weighted by Gasteiger charge is 2.17. The van der Waals surface area contributed by atoms with E-state index in [1.165, 1.54) is 6.92 Å². The summed E-state index contributed by atoms with van der Waals surface area (Å²) < 4.78 is 5.21. The molecule has 0 rings (SSSR count). The van der Waals surface area contributed by atoms with Gasteiger partial charge in [0.2, 0.25) is 0 Å². The van der Waals surface area contributed by atoms with E-state index in [0.29, 0.717) is 11.0 Å². The van der Waals surface area contributed by atoms with Crippen molar-refractivity contribution in [2.24, 2.45) is 0 Å². The van der Waals surface area contributed by atoms with Crippen molar-refractivity contribution < 1.29 is 23.9 Å². The molecule has 0 aromatic carbocycles. The first-order chi connectivity index (χ1) is 6.22. The van der Waals surface area contributed by atoms with Gasteiger partial charge in [-0.3, -0.25) is 4.79 Å². The lowest BCUT2D eigenvalue weighted by atomic mass is 10.2. The second-order valence-electron chi connectivity index (χ2n) is 4.22. The molecule has 0 aromatic heterocycles. The molecule has 5 heteroatoms. The summed E-state index contributed by atoms with van der Waals surface area (Å²) in [4.78, 5) is 21.1. The molecule has 5 nitrogen and oxygen atoms in total. The van der Waals surface area contributed by atoms with E-state index in [1.807, 2.05) is 21.1 Å². The van der Waals surface area contributed by atoms with E-state index < -0.39 is 18.0 Å². The van der Waals surface area contributed by atoms with Crippen LogP contribution in [0.4, 0.5) is 0 Å². The zero-order chi connectivity index (χ0) is 11.4. The SMILES string of the molecule is CC(=O)OC(CC[N+](C)(C)C)C(=O)[O-]. The van der Waals surface area contributed by atoms with Gasteiger partial charge < -0.3 is 19.1 Å². The van der Waals surface area contributed by atoms with Crippen LogP contribution in [0, 0.1) is 0 Å². The van der Waals surface area contributed by atoms with Crippen LogP contribution in [0.1, 0.15) is 13.3 Å². The second-order valence-corrected chi connectivity index (χ2v) is 4.22. The molecular formula is C9H17NO4. The minimum Gasteiger partial charge on any atom is -0.546 e. The summed E-state index contributed by atoms with van der Waals surface area (Å²) >= 11 is 0. The fourth-order valence-electron chi connectivity index (χ4n) is 0.930. The summed E-state index contributed by atoms with van der Waals surface area (Å²) in [7, 11) is 5.79. The Morgan fingerprint density at radius 2 is 1.86 bits per heavy atom. The molecule has 0 bridgehead atoms. The third-order valence-electron chi connectivity index (χ3n) is 1.63. The summed E-state index contributed by atoms with van der Waals surface area (Å²) in [5.41, 5.74) is 0. The number of quaternary nitrogens is 1. The van der Waals surface area contributed by atoms with Crippen molar-refractivity contribution >= 4 is 11.9 Å². The number of nitrogens with zero attached hydrogens (tertiary/aromatic N) is 1. The maximum Gasteiger partial charge on any atom is 0.303 e. The van der Waals surface area contributed by atoms with Gasteiger partial charge in [0.1, 0.15) is 6.10 Å². The maximum atomic E-state index is 10.6. The zero-order valence-corrected chi connectivity index (χ0v) is 9.07. The Bertz CT molecular complexity index is 219. The fraction of sp³-hybridized carbons (Fsp3) is 0.778. The first kappa shape index (κ1) is 12.9. The highest BCUT2D eigenvalue weighted by Crippen LogP contribution is 2.02. The predicted octanol–water partition coefficient (Wildman–Crippen LogP) is -1.24. The van der Waals surface area contributed by atoms with Crippen LogP contribution in [-0.2, 0) is 14.3 Å². The number of ether oxygens (including phenoxy) is 1. The number of aliphatic carboxylic acids is 1. The van der Waals surface area contributed by atoms with Gasteiger partial charge in [0.05, 0.1) is 33.7 Å². The van der Waals surface area contributed by atoms with Crippen LogP contribution in [0.3, 0.4) is 0 Å². The highest BCUT2D eigenvalue weighted by molar-refractivity contribution is 5.75. The van der Waals surface area contributed by atoms with Crippen molar-refractivity contribution in [2.75, 3.05) is 27.7 Å². The van der Waals surface area contributed by atoms with Crippen molar-refractivity contribution in [1.29, 1.82) is 0 Å². The molecule has 14 heavy (non-hydrogen) atoms. The smallest absolute Gasteiger partial charge is 0.303 e. The molecule has 82 valence electrons. The van der Waals surface area contributed by atoms with Crippen LogP contribution in [0.2, 0.25) is 0 Å². The number of carbonyl (C=O) groups is 2. The van der Waals surface area contributed by atoms with E-state index in [2.05, 4.69) is 4.74 Å². The Balaban J connectivity index is 4.11. The molecule has 1 atom stereocenters. The molecule has 0 heterocycles. The van der Waals surface area contributed by atoms with E-state index in [1.54, 1.807) is 0 Å². The molecule has 0 radical (unpaired) electrons. The molecule has 0 amide bonds. The molecule has 0 aliphatic carbocycles. The Hall–Kier alpha value is -1.10. The number of carboxylic acids is 1. The summed E-state index contributed by atoms with van der Waals surface area (Å²) in [5, 5.41) is 10.6. The number of rotatable bonds is 5. The third-order valence-corrected chi connectivity index (χ3v) is 1.63. The summed E-state index contributed by atoms with van der Waals surface area (Å²) in [6.45, 7) is 1.79. The van der Waals surface area contributed by atoms with E-state index in [0.717, 1.165) is 0 Å². The minimum atomic E-state index is -1.34. The van der Waals surface area contributed by atoms with Crippen LogP contribution in [0.5, 0.6) is 0 Å². The lowest BCUT2D eigenvalue weighted by Crippen LogP contribution is -2.43. The quantitative estimate of drug-likeness (QED) is 0.414. The van der Waals surface area contributed by atoms with Crippen LogP contribution in [0.25, 0.3) is 0 Å². The summed E-state index contributed by atoms with van der Waals surface area (Å²) in [5.74, 6) is -1.94. The van der Waals surface area contributed by atoms with Gasteiger partial charge in [-0.25, -0.2) is 0 Å². The molecule has 0 aliphatic rings. The van der Waals surface area contributed by atoms with E-state index in [4.69, 9.17) is 0 Å². The molecule has 0 spiro atoms. The Kier molecular flexibility index (Phi) is 4.56. The highest BCUT2D eigenvalue weighted by atomic mass is 16.6. The molecule has 0 fully saturated rings. The predicted molar refractivity (Wildman–Crippen MR) is 48.1 cm³/mol. The van der Waals surface area contributed by atoms with Crippen molar-refractivity contribution in [3.63, 3.8) is 0 Å². The minimum absolute atomic E-state index is 0.269. The van der Waals surface area contributed by atoms with E-state index in [9.17, 15) is 14.7 Å². The van der Waals surface area contributed by atoms with Crippen LogP contribution < -0.4 is 5.11 Å². The Labute approximate surface area is 83.9 Å². The van der Waals surface area contributed by atoms with Gasteiger partial charge in [-0.05, 0) is 0 Å². The van der Waals surface area contributed by atoms with Crippen LogP contribution >= 0.6 is 0 Å². The van der Waals surface area contributed by atoms with Gasteiger partial charge in [-0.15, -0.1) is 0 Å². The molecular weight excluding hydrogens is 186 g/mol. The molecule has 0 aliphatic heterocycles. The Morgan fingerprint density at radius 3 is 2.14 bits per heavy atom. The number of esters is 1. The second kappa shape index (κ2) is 4.95. The molecule has 0 saturated carbocycles. The monoisotopic (exact) mass is 203 g/mol. The van der Waals surface area contributed by atoms with Crippen LogP contribution in [0.15, 0.2) is 0 Å². The van der Waals surface area contributed by atoms with Gasteiger partial charge in [0, 0.05) is 13.3 Å². The van der Waals surface area contributed by atoms with Gasteiger partial charge in [-0.2, -0.15) is 0 Å². The van der Waals surface area contributed by atoms with Gasteiger partial charge >= 0.3 is 5.97 Å². The van der Waals surface area contributed by atoms with Gasteiger partial charge in [-0.1, -0.05) is 0 Å². The van der Waals surface area contributed by atoms with Gasteiger partial charge in [0.15, 0.2) is 0 Å². The fourth-order valence-corrected chi connectivity index (χ4v) is 0.930. The lowest BCUT2D eigenvalue weighted by molar-refractivity contribution is -0.870. The number of carbonyl (C=O) groups excluding carboxylic acids is 2. The standard InChI is InChI=1S/C9H17NO4/c1-7(11)14-8(9(12)13)5-6-10(2,3)4/h8H,5-6H2,1-4H3. The zero-order valence-electron chi connectivity index (χ0n) is 9.07. The average Bonchev–Trinajstić information content (AvgIpc) is 1.94. The summed E-state index contributed by atoms with van der Waals surface area (Å²) in [6.07, 6.45) is -0.865. The number of carboxylic acid groups (broad SMARTS) is 1. The Morgan fingerprint density at radius 1 is 1.36 bits per heavy atom. The number of hydrogen-bond acceptors (Lipinski definition) is 4.